The summed E-state index contributed by atoms with van der Waals surface area (Å²) in [7, 11) is -3.18. The molecular weight excluding hydrogens is 248 g/mol. The summed E-state index contributed by atoms with van der Waals surface area (Å²) in [5, 5.41) is 0. The highest BCUT2D eigenvalue weighted by molar-refractivity contribution is 7.92. The second kappa shape index (κ2) is 5.71. The van der Waals surface area contributed by atoms with Crippen LogP contribution in [0, 0.1) is 5.92 Å². The minimum absolute atomic E-state index is 0.250. The topological polar surface area (TPSA) is 72.2 Å². The van der Waals surface area contributed by atoms with Crippen LogP contribution >= 0.6 is 0 Å². The van der Waals surface area contributed by atoms with E-state index < -0.39 is 10.0 Å². The van der Waals surface area contributed by atoms with E-state index in [4.69, 9.17) is 5.73 Å². The molecule has 0 heterocycles. The van der Waals surface area contributed by atoms with Crippen molar-refractivity contribution in [1.29, 1.82) is 0 Å². The predicted octanol–water partition coefficient (Wildman–Crippen LogP) is 1.73. The van der Waals surface area contributed by atoms with Crippen molar-refractivity contribution in [2.24, 2.45) is 11.7 Å². The molecule has 1 aliphatic carbocycles. The number of hydrogen-bond acceptors (Lipinski definition) is 3. The third-order valence-electron chi connectivity index (χ3n) is 3.02. The van der Waals surface area contributed by atoms with Gasteiger partial charge in [0.1, 0.15) is 0 Å². The fourth-order valence-corrected chi connectivity index (χ4v) is 3.44. The minimum atomic E-state index is -3.18. The van der Waals surface area contributed by atoms with Crippen LogP contribution in [0.25, 0.3) is 0 Å². The first-order chi connectivity index (χ1) is 8.59. The maximum Gasteiger partial charge on any atom is 0.232 e. The lowest BCUT2D eigenvalue weighted by Gasteiger charge is -2.09. The molecule has 0 atom stereocenters. The van der Waals surface area contributed by atoms with E-state index in [2.05, 4.69) is 4.72 Å². The number of anilines is 1. The first-order valence-corrected chi connectivity index (χ1v) is 8.04. The summed E-state index contributed by atoms with van der Waals surface area (Å²) in [4.78, 5) is 0. The fourth-order valence-electron chi connectivity index (χ4n) is 1.91. The van der Waals surface area contributed by atoms with Gasteiger partial charge >= 0.3 is 0 Å². The molecule has 1 fully saturated rings. The highest BCUT2D eigenvalue weighted by Gasteiger charge is 2.27. The number of nitrogens with two attached hydrogens (primary N) is 1. The van der Waals surface area contributed by atoms with Gasteiger partial charge in [0.2, 0.25) is 10.0 Å². The molecule has 0 radical (unpaired) electrons. The van der Waals surface area contributed by atoms with Crippen LogP contribution in [0.4, 0.5) is 5.69 Å². The molecule has 18 heavy (non-hydrogen) atoms. The Morgan fingerprint density at radius 3 is 2.78 bits per heavy atom. The maximum atomic E-state index is 11.8. The first kappa shape index (κ1) is 13.4. The molecule has 0 aliphatic heterocycles. The van der Waals surface area contributed by atoms with Crippen LogP contribution in [0.3, 0.4) is 0 Å². The number of sulfonamides is 1. The van der Waals surface area contributed by atoms with E-state index in [1.807, 2.05) is 18.2 Å². The zero-order valence-electron chi connectivity index (χ0n) is 10.4. The van der Waals surface area contributed by atoms with E-state index in [1.54, 1.807) is 6.07 Å². The van der Waals surface area contributed by atoms with Gasteiger partial charge in [-0.25, -0.2) is 8.42 Å². The highest BCUT2D eigenvalue weighted by Crippen LogP contribution is 2.30. The zero-order valence-corrected chi connectivity index (χ0v) is 11.2. The molecule has 0 unspecified atom stereocenters. The Morgan fingerprint density at radius 2 is 2.11 bits per heavy atom. The van der Waals surface area contributed by atoms with Crippen molar-refractivity contribution < 1.29 is 8.42 Å². The second-order valence-electron chi connectivity index (χ2n) is 4.92. The average Bonchev–Trinajstić information content (AvgIpc) is 3.09. The van der Waals surface area contributed by atoms with Crippen LogP contribution in [0.5, 0.6) is 0 Å². The lowest BCUT2D eigenvalue weighted by atomic mass is 10.1. The molecule has 5 heteroatoms. The molecule has 0 aromatic heterocycles. The Bertz CT molecular complexity index is 495. The summed E-state index contributed by atoms with van der Waals surface area (Å²) in [5.74, 6) is 0.614. The number of hydrogen-bond donors (Lipinski definition) is 2. The summed E-state index contributed by atoms with van der Waals surface area (Å²) in [6, 6.07) is 7.55. The van der Waals surface area contributed by atoms with Gasteiger partial charge in [0, 0.05) is 5.69 Å². The van der Waals surface area contributed by atoms with E-state index in [-0.39, 0.29) is 5.75 Å². The van der Waals surface area contributed by atoms with Crippen LogP contribution in [-0.4, -0.2) is 20.7 Å². The van der Waals surface area contributed by atoms with Crippen molar-refractivity contribution in [2.75, 3.05) is 17.0 Å². The molecule has 2 rings (SSSR count). The summed E-state index contributed by atoms with van der Waals surface area (Å²) in [5.41, 5.74) is 7.24. The molecule has 3 N–H and O–H groups in total. The average molecular weight is 268 g/mol. The van der Waals surface area contributed by atoms with Gasteiger partial charge in [-0.15, -0.1) is 0 Å². The predicted molar refractivity (Wildman–Crippen MR) is 74.0 cm³/mol. The van der Waals surface area contributed by atoms with E-state index in [0.717, 1.165) is 31.2 Å². The van der Waals surface area contributed by atoms with Gasteiger partial charge in [0.25, 0.3) is 0 Å². The van der Waals surface area contributed by atoms with E-state index in [9.17, 15) is 8.42 Å². The van der Waals surface area contributed by atoms with Crippen LogP contribution in [0.15, 0.2) is 24.3 Å². The Kier molecular flexibility index (Phi) is 4.24. The number of benzene rings is 1. The SMILES string of the molecule is NCCCc1cccc(NS(=O)(=O)CC2CC2)c1. The van der Waals surface area contributed by atoms with Gasteiger partial charge in [-0.1, -0.05) is 12.1 Å². The molecule has 4 nitrogen and oxygen atoms in total. The molecule has 0 bridgehead atoms. The van der Waals surface area contributed by atoms with Crippen molar-refractivity contribution in [1.82, 2.24) is 0 Å². The van der Waals surface area contributed by atoms with Crippen LogP contribution in [0.1, 0.15) is 24.8 Å². The van der Waals surface area contributed by atoms with E-state index in [0.29, 0.717) is 18.2 Å². The highest BCUT2D eigenvalue weighted by atomic mass is 32.2. The van der Waals surface area contributed by atoms with Crippen molar-refractivity contribution in [3.8, 4) is 0 Å². The smallest absolute Gasteiger partial charge is 0.232 e. The standard InChI is InChI=1S/C13H20N2O2S/c14-8-2-4-11-3-1-5-13(9-11)15-18(16,17)10-12-6-7-12/h1,3,5,9,12,15H,2,4,6-8,10,14H2. The van der Waals surface area contributed by atoms with Crippen LogP contribution < -0.4 is 10.5 Å². The Labute approximate surface area is 109 Å². The Hall–Kier alpha value is -1.07. The van der Waals surface area contributed by atoms with E-state index in [1.165, 1.54) is 0 Å². The van der Waals surface area contributed by atoms with Crippen molar-refractivity contribution in [2.45, 2.75) is 25.7 Å². The third kappa shape index (κ3) is 4.31. The van der Waals surface area contributed by atoms with Crippen molar-refractivity contribution >= 4 is 15.7 Å². The monoisotopic (exact) mass is 268 g/mol. The minimum Gasteiger partial charge on any atom is -0.330 e. The fraction of sp³-hybridized carbons (Fsp3) is 0.538. The Morgan fingerprint density at radius 1 is 1.33 bits per heavy atom. The number of nitrogens with one attached hydrogen (secondary N) is 1. The van der Waals surface area contributed by atoms with E-state index >= 15 is 0 Å². The molecule has 1 saturated carbocycles. The summed E-state index contributed by atoms with van der Waals surface area (Å²) < 4.78 is 26.3. The quantitative estimate of drug-likeness (QED) is 0.791. The molecule has 100 valence electrons. The van der Waals surface area contributed by atoms with Gasteiger partial charge in [-0.05, 0) is 55.8 Å². The van der Waals surface area contributed by atoms with Gasteiger partial charge in [0.15, 0.2) is 0 Å². The summed E-state index contributed by atoms with van der Waals surface area (Å²) in [6.45, 7) is 0.650. The molecule has 1 aromatic carbocycles. The van der Waals surface area contributed by atoms with Crippen molar-refractivity contribution in [3.05, 3.63) is 29.8 Å². The van der Waals surface area contributed by atoms with Gasteiger partial charge in [0.05, 0.1) is 5.75 Å². The maximum absolute atomic E-state index is 11.8. The lowest BCUT2D eigenvalue weighted by molar-refractivity contribution is 0.597. The normalized spacial score (nSPS) is 15.6. The number of aryl methyl sites for hydroxylation is 1. The Balaban J connectivity index is 1.99. The zero-order chi connectivity index (χ0) is 13.0. The molecule has 0 saturated heterocycles. The second-order valence-corrected chi connectivity index (χ2v) is 6.69. The third-order valence-corrected chi connectivity index (χ3v) is 4.48. The van der Waals surface area contributed by atoms with Crippen molar-refractivity contribution in [3.63, 3.8) is 0 Å². The number of rotatable bonds is 7. The summed E-state index contributed by atoms with van der Waals surface area (Å²) >= 11 is 0. The van der Waals surface area contributed by atoms with Crippen LogP contribution in [0.2, 0.25) is 0 Å². The van der Waals surface area contributed by atoms with Gasteiger partial charge < -0.3 is 5.73 Å². The van der Waals surface area contributed by atoms with Gasteiger partial charge in [-0.2, -0.15) is 0 Å². The molecular formula is C13H20N2O2S. The molecule has 0 spiro atoms. The first-order valence-electron chi connectivity index (χ1n) is 6.38. The summed E-state index contributed by atoms with van der Waals surface area (Å²) in [6.07, 6.45) is 3.88. The molecule has 0 amide bonds. The molecule has 1 aliphatic rings. The van der Waals surface area contributed by atoms with Gasteiger partial charge in [-0.3, -0.25) is 4.72 Å². The molecule has 1 aromatic rings. The van der Waals surface area contributed by atoms with Crippen LogP contribution in [-0.2, 0) is 16.4 Å². The largest absolute Gasteiger partial charge is 0.330 e. The lowest BCUT2D eigenvalue weighted by Crippen LogP contribution is -2.17.